The van der Waals surface area contributed by atoms with Crippen LogP contribution in [0.5, 0.6) is 0 Å². The van der Waals surface area contributed by atoms with Gasteiger partial charge >= 0.3 is 0 Å². The van der Waals surface area contributed by atoms with Crippen LogP contribution >= 0.6 is 0 Å². The highest BCUT2D eigenvalue weighted by atomic mass is 16.1. The van der Waals surface area contributed by atoms with Crippen molar-refractivity contribution in [3.63, 3.8) is 0 Å². The zero-order valence-corrected chi connectivity index (χ0v) is 10.5. The standard InChI is InChI=1S/C14H20N2O/c1-3-15-12-7-5-4-6-11(12)13(17)16-10-14(2)8-9-14/h4-7,15H,3,8-10H2,1-2H3,(H,16,17). The van der Waals surface area contributed by atoms with Crippen LogP contribution in [-0.2, 0) is 0 Å². The molecule has 1 aliphatic rings. The Morgan fingerprint density at radius 1 is 1.35 bits per heavy atom. The summed E-state index contributed by atoms with van der Waals surface area (Å²) >= 11 is 0. The minimum absolute atomic E-state index is 0.0228. The molecule has 92 valence electrons. The molecular formula is C14H20N2O. The van der Waals surface area contributed by atoms with E-state index in [1.54, 1.807) is 0 Å². The summed E-state index contributed by atoms with van der Waals surface area (Å²) in [5.74, 6) is 0.0228. The highest BCUT2D eigenvalue weighted by Crippen LogP contribution is 2.44. The maximum atomic E-state index is 12.1. The molecule has 2 rings (SSSR count). The lowest BCUT2D eigenvalue weighted by molar-refractivity contribution is 0.0947. The monoisotopic (exact) mass is 232 g/mol. The van der Waals surface area contributed by atoms with E-state index in [2.05, 4.69) is 17.6 Å². The van der Waals surface area contributed by atoms with Crippen LogP contribution in [0.15, 0.2) is 24.3 Å². The second-order valence-electron chi connectivity index (χ2n) is 5.07. The second kappa shape index (κ2) is 4.78. The van der Waals surface area contributed by atoms with Crippen LogP contribution in [0.1, 0.15) is 37.0 Å². The van der Waals surface area contributed by atoms with Crippen molar-refractivity contribution in [3.8, 4) is 0 Å². The first-order valence-corrected chi connectivity index (χ1v) is 6.26. The number of para-hydroxylation sites is 1. The molecule has 0 saturated heterocycles. The van der Waals surface area contributed by atoms with Crippen molar-refractivity contribution >= 4 is 11.6 Å². The number of hydrogen-bond acceptors (Lipinski definition) is 2. The topological polar surface area (TPSA) is 41.1 Å². The lowest BCUT2D eigenvalue weighted by atomic mass is 10.1. The average molecular weight is 232 g/mol. The summed E-state index contributed by atoms with van der Waals surface area (Å²) in [6, 6.07) is 7.64. The molecule has 1 saturated carbocycles. The van der Waals surface area contributed by atoms with Crippen molar-refractivity contribution in [1.82, 2.24) is 5.32 Å². The highest BCUT2D eigenvalue weighted by molar-refractivity contribution is 5.99. The number of benzene rings is 1. The normalized spacial score (nSPS) is 16.4. The van der Waals surface area contributed by atoms with Crippen LogP contribution < -0.4 is 10.6 Å². The Hall–Kier alpha value is -1.51. The van der Waals surface area contributed by atoms with Gasteiger partial charge in [-0.25, -0.2) is 0 Å². The molecule has 0 atom stereocenters. The van der Waals surface area contributed by atoms with Gasteiger partial charge in [-0.3, -0.25) is 4.79 Å². The first-order valence-electron chi connectivity index (χ1n) is 6.26. The number of hydrogen-bond donors (Lipinski definition) is 2. The Kier molecular flexibility index (Phi) is 3.36. The number of nitrogens with one attached hydrogen (secondary N) is 2. The molecule has 0 aromatic heterocycles. The molecule has 1 aliphatic carbocycles. The molecule has 0 heterocycles. The molecule has 1 aromatic carbocycles. The number of rotatable bonds is 5. The van der Waals surface area contributed by atoms with E-state index in [0.717, 1.165) is 24.3 Å². The molecule has 3 heteroatoms. The van der Waals surface area contributed by atoms with E-state index in [4.69, 9.17) is 0 Å². The fourth-order valence-corrected chi connectivity index (χ4v) is 1.80. The smallest absolute Gasteiger partial charge is 0.253 e. The SMILES string of the molecule is CCNc1ccccc1C(=O)NCC1(C)CC1. The molecule has 0 aliphatic heterocycles. The van der Waals surface area contributed by atoms with Crippen LogP contribution in [0.3, 0.4) is 0 Å². The predicted octanol–water partition coefficient (Wildman–Crippen LogP) is 2.65. The Balaban J connectivity index is 2.02. The Bertz CT molecular complexity index is 410. The number of anilines is 1. The predicted molar refractivity (Wildman–Crippen MR) is 70.3 cm³/mol. The first-order chi connectivity index (χ1) is 8.14. The van der Waals surface area contributed by atoms with Gasteiger partial charge in [0.15, 0.2) is 0 Å². The molecule has 17 heavy (non-hydrogen) atoms. The molecule has 1 fully saturated rings. The van der Waals surface area contributed by atoms with Crippen LogP contribution in [0.4, 0.5) is 5.69 Å². The van der Waals surface area contributed by atoms with Crippen molar-refractivity contribution in [3.05, 3.63) is 29.8 Å². The summed E-state index contributed by atoms with van der Waals surface area (Å²) in [6.45, 7) is 5.84. The Morgan fingerprint density at radius 2 is 2.06 bits per heavy atom. The highest BCUT2D eigenvalue weighted by Gasteiger charge is 2.37. The van der Waals surface area contributed by atoms with Crippen LogP contribution in [0.2, 0.25) is 0 Å². The van der Waals surface area contributed by atoms with E-state index in [0.29, 0.717) is 5.41 Å². The van der Waals surface area contributed by atoms with Gasteiger partial charge in [0, 0.05) is 18.8 Å². The van der Waals surface area contributed by atoms with Gasteiger partial charge in [-0.05, 0) is 37.3 Å². The van der Waals surface area contributed by atoms with E-state index in [-0.39, 0.29) is 5.91 Å². The Labute approximate surface area is 103 Å². The van der Waals surface area contributed by atoms with Crippen molar-refractivity contribution in [1.29, 1.82) is 0 Å². The summed E-state index contributed by atoms with van der Waals surface area (Å²) in [5, 5.41) is 6.23. The van der Waals surface area contributed by atoms with Crippen molar-refractivity contribution in [2.24, 2.45) is 5.41 Å². The minimum atomic E-state index is 0.0228. The van der Waals surface area contributed by atoms with Crippen LogP contribution in [-0.4, -0.2) is 19.0 Å². The summed E-state index contributed by atoms with van der Waals surface area (Å²) in [4.78, 5) is 12.1. The summed E-state index contributed by atoms with van der Waals surface area (Å²) in [6.07, 6.45) is 2.45. The number of amides is 1. The first kappa shape index (κ1) is 12.0. The van der Waals surface area contributed by atoms with Gasteiger partial charge in [-0.2, -0.15) is 0 Å². The van der Waals surface area contributed by atoms with E-state index in [1.165, 1.54) is 12.8 Å². The number of carbonyl (C=O) groups excluding carboxylic acids is 1. The lowest BCUT2D eigenvalue weighted by Crippen LogP contribution is -2.29. The quantitative estimate of drug-likeness (QED) is 0.819. The summed E-state index contributed by atoms with van der Waals surface area (Å²) in [5.41, 5.74) is 2.00. The summed E-state index contributed by atoms with van der Waals surface area (Å²) in [7, 11) is 0. The lowest BCUT2D eigenvalue weighted by Gasteiger charge is -2.13. The molecule has 1 amide bonds. The van der Waals surface area contributed by atoms with Gasteiger partial charge in [0.1, 0.15) is 0 Å². The third-order valence-electron chi connectivity index (χ3n) is 3.32. The molecule has 0 spiro atoms. The molecule has 0 bridgehead atoms. The van der Waals surface area contributed by atoms with Crippen molar-refractivity contribution < 1.29 is 4.79 Å². The molecule has 0 radical (unpaired) electrons. The maximum Gasteiger partial charge on any atom is 0.253 e. The second-order valence-corrected chi connectivity index (χ2v) is 5.07. The average Bonchev–Trinajstić information content (AvgIpc) is 3.06. The Morgan fingerprint density at radius 3 is 2.71 bits per heavy atom. The van der Waals surface area contributed by atoms with Gasteiger partial charge in [0.25, 0.3) is 5.91 Å². The van der Waals surface area contributed by atoms with Crippen molar-refractivity contribution in [2.75, 3.05) is 18.4 Å². The number of carbonyl (C=O) groups is 1. The van der Waals surface area contributed by atoms with Gasteiger partial charge in [0.05, 0.1) is 5.56 Å². The molecule has 3 nitrogen and oxygen atoms in total. The molecule has 1 aromatic rings. The minimum Gasteiger partial charge on any atom is -0.385 e. The fraction of sp³-hybridized carbons (Fsp3) is 0.500. The van der Waals surface area contributed by atoms with E-state index in [9.17, 15) is 4.79 Å². The zero-order chi connectivity index (χ0) is 12.3. The van der Waals surface area contributed by atoms with E-state index >= 15 is 0 Å². The fourth-order valence-electron chi connectivity index (χ4n) is 1.80. The van der Waals surface area contributed by atoms with Gasteiger partial charge < -0.3 is 10.6 Å². The maximum absolute atomic E-state index is 12.1. The van der Waals surface area contributed by atoms with Gasteiger partial charge in [-0.1, -0.05) is 19.1 Å². The van der Waals surface area contributed by atoms with E-state index in [1.807, 2.05) is 31.2 Å². The van der Waals surface area contributed by atoms with Crippen molar-refractivity contribution in [2.45, 2.75) is 26.7 Å². The molecule has 2 N–H and O–H groups in total. The largest absolute Gasteiger partial charge is 0.385 e. The zero-order valence-electron chi connectivity index (χ0n) is 10.5. The summed E-state index contributed by atoms with van der Waals surface area (Å²) < 4.78 is 0. The van der Waals surface area contributed by atoms with Gasteiger partial charge in [-0.15, -0.1) is 0 Å². The van der Waals surface area contributed by atoms with E-state index < -0.39 is 0 Å². The third kappa shape index (κ3) is 2.99. The van der Waals surface area contributed by atoms with Crippen LogP contribution in [0.25, 0.3) is 0 Å². The third-order valence-corrected chi connectivity index (χ3v) is 3.32. The van der Waals surface area contributed by atoms with Gasteiger partial charge in [0.2, 0.25) is 0 Å². The van der Waals surface area contributed by atoms with Crippen LogP contribution in [0, 0.1) is 5.41 Å². The molecular weight excluding hydrogens is 212 g/mol. The molecule has 0 unspecified atom stereocenters.